The van der Waals surface area contributed by atoms with Gasteiger partial charge in [0.25, 0.3) is 0 Å². The first-order chi connectivity index (χ1) is 5.43. The second kappa shape index (κ2) is 5.07. The highest BCUT2D eigenvalue weighted by Gasteiger charge is 1.93. The third kappa shape index (κ3) is 3.32. The summed E-state index contributed by atoms with van der Waals surface area (Å²) in [7, 11) is 0. The molecule has 0 aromatic carbocycles. The van der Waals surface area contributed by atoms with Crippen molar-refractivity contribution in [3.63, 3.8) is 0 Å². The summed E-state index contributed by atoms with van der Waals surface area (Å²) >= 11 is 1.66. The standard InChI is InChI=1S/C7H11N3S/c1-2-3-6-11-7-8-4-5-9-10-7/h4-5H,2-3,6H2,1H3. The van der Waals surface area contributed by atoms with Gasteiger partial charge >= 0.3 is 0 Å². The number of unbranched alkanes of at least 4 members (excludes halogenated alkanes) is 1. The van der Waals surface area contributed by atoms with Crippen LogP contribution in [0.25, 0.3) is 0 Å². The lowest BCUT2D eigenvalue weighted by atomic mass is 10.4. The summed E-state index contributed by atoms with van der Waals surface area (Å²) in [5.41, 5.74) is 0. The van der Waals surface area contributed by atoms with Crippen LogP contribution in [0.2, 0.25) is 0 Å². The third-order valence-electron chi connectivity index (χ3n) is 1.19. The largest absolute Gasteiger partial charge is 0.228 e. The molecule has 1 aromatic rings. The molecular formula is C7H11N3S. The van der Waals surface area contributed by atoms with E-state index in [1.807, 2.05) is 0 Å². The zero-order valence-corrected chi connectivity index (χ0v) is 7.34. The van der Waals surface area contributed by atoms with E-state index in [9.17, 15) is 0 Å². The van der Waals surface area contributed by atoms with Crippen LogP contribution >= 0.6 is 11.8 Å². The van der Waals surface area contributed by atoms with Gasteiger partial charge in [0.05, 0.1) is 12.4 Å². The average Bonchev–Trinajstić information content (AvgIpc) is 2.07. The Morgan fingerprint density at radius 1 is 1.45 bits per heavy atom. The Morgan fingerprint density at radius 2 is 2.36 bits per heavy atom. The fourth-order valence-electron chi connectivity index (χ4n) is 0.609. The van der Waals surface area contributed by atoms with Gasteiger partial charge in [-0.3, -0.25) is 0 Å². The first kappa shape index (κ1) is 8.46. The van der Waals surface area contributed by atoms with Gasteiger partial charge in [0.2, 0.25) is 5.16 Å². The maximum absolute atomic E-state index is 4.04. The second-order valence-corrected chi connectivity index (χ2v) is 3.19. The van der Waals surface area contributed by atoms with E-state index in [1.54, 1.807) is 24.2 Å². The maximum Gasteiger partial charge on any atom is 0.209 e. The van der Waals surface area contributed by atoms with Crippen molar-refractivity contribution in [1.82, 2.24) is 15.2 Å². The predicted molar refractivity (Wildman–Crippen MR) is 45.5 cm³/mol. The van der Waals surface area contributed by atoms with Crippen molar-refractivity contribution in [2.24, 2.45) is 0 Å². The summed E-state index contributed by atoms with van der Waals surface area (Å²) in [5.74, 6) is 1.09. The van der Waals surface area contributed by atoms with Gasteiger partial charge in [0.1, 0.15) is 0 Å². The van der Waals surface area contributed by atoms with Gasteiger partial charge in [-0.2, -0.15) is 5.10 Å². The molecule has 0 saturated carbocycles. The molecule has 0 aliphatic heterocycles. The maximum atomic E-state index is 4.04. The molecule has 1 heterocycles. The van der Waals surface area contributed by atoms with Crippen molar-refractivity contribution >= 4 is 11.8 Å². The summed E-state index contributed by atoms with van der Waals surface area (Å²) in [6.07, 6.45) is 5.68. The molecule has 11 heavy (non-hydrogen) atoms. The van der Waals surface area contributed by atoms with Crippen molar-refractivity contribution < 1.29 is 0 Å². The zero-order chi connectivity index (χ0) is 7.94. The quantitative estimate of drug-likeness (QED) is 0.508. The van der Waals surface area contributed by atoms with Crippen molar-refractivity contribution in [3.8, 4) is 0 Å². The van der Waals surface area contributed by atoms with E-state index < -0.39 is 0 Å². The minimum Gasteiger partial charge on any atom is -0.228 e. The molecule has 60 valence electrons. The fourth-order valence-corrected chi connectivity index (χ4v) is 1.47. The lowest BCUT2D eigenvalue weighted by molar-refractivity contribution is 0.832. The molecule has 0 bridgehead atoms. The summed E-state index contributed by atoms with van der Waals surface area (Å²) in [6, 6.07) is 0. The molecule has 0 saturated heterocycles. The minimum absolute atomic E-state index is 0.779. The fraction of sp³-hybridized carbons (Fsp3) is 0.571. The molecule has 0 N–H and O–H groups in total. The van der Waals surface area contributed by atoms with Gasteiger partial charge in [-0.15, -0.1) is 5.10 Å². The molecule has 0 radical (unpaired) electrons. The Kier molecular flexibility index (Phi) is 3.90. The summed E-state index contributed by atoms with van der Waals surface area (Å²) in [5, 5.41) is 8.36. The average molecular weight is 169 g/mol. The van der Waals surface area contributed by atoms with E-state index in [4.69, 9.17) is 0 Å². The molecule has 4 heteroatoms. The van der Waals surface area contributed by atoms with Gasteiger partial charge in [0, 0.05) is 5.75 Å². The molecule has 0 spiro atoms. The van der Waals surface area contributed by atoms with E-state index in [2.05, 4.69) is 22.1 Å². The van der Waals surface area contributed by atoms with Crippen LogP contribution < -0.4 is 0 Å². The molecule has 0 aliphatic rings. The van der Waals surface area contributed by atoms with Crippen LogP contribution in [0.3, 0.4) is 0 Å². The van der Waals surface area contributed by atoms with Crippen LogP contribution in [-0.2, 0) is 0 Å². The molecule has 0 fully saturated rings. The van der Waals surface area contributed by atoms with Crippen LogP contribution in [0, 0.1) is 0 Å². The normalized spacial score (nSPS) is 9.91. The summed E-state index contributed by atoms with van der Waals surface area (Å²) in [4.78, 5) is 4.04. The van der Waals surface area contributed by atoms with Crippen LogP contribution in [0.1, 0.15) is 19.8 Å². The Morgan fingerprint density at radius 3 is 3.00 bits per heavy atom. The predicted octanol–water partition coefficient (Wildman–Crippen LogP) is 1.76. The van der Waals surface area contributed by atoms with Crippen molar-refractivity contribution in [1.29, 1.82) is 0 Å². The highest BCUT2D eigenvalue weighted by Crippen LogP contribution is 2.11. The molecule has 3 nitrogen and oxygen atoms in total. The lowest BCUT2D eigenvalue weighted by Crippen LogP contribution is -1.88. The highest BCUT2D eigenvalue weighted by molar-refractivity contribution is 7.99. The smallest absolute Gasteiger partial charge is 0.209 e. The lowest BCUT2D eigenvalue weighted by Gasteiger charge is -1.94. The monoisotopic (exact) mass is 169 g/mol. The zero-order valence-electron chi connectivity index (χ0n) is 6.53. The Hall–Kier alpha value is -0.640. The minimum atomic E-state index is 0.779. The van der Waals surface area contributed by atoms with Gasteiger partial charge in [-0.25, -0.2) is 4.98 Å². The number of hydrogen-bond acceptors (Lipinski definition) is 4. The molecule has 1 aromatic heterocycles. The van der Waals surface area contributed by atoms with Crippen molar-refractivity contribution in [2.75, 3.05) is 5.75 Å². The summed E-state index contributed by atoms with van der Waals surface area (Å²) in [6.45, 7) is 2.17. The van der Waals surface area contributed by atoms with Crippen LogP contribution in [0.15, 0.2) is 17.6 Å². The molecule has 0 atom stereocenters. The Balaban J connectivity index is 2.28. The SMILES string of the molecule is CCCCSc1nccnn1. The van der Waals surface area contributed by atoms with Gasteiger partial charge in [0.15, 0.2) is 0 Å². The second-order valence-electron chi connectivity index (χ2n) is 2.13. The molecule has 0 amide bonds. The van der Waals surface area contributed by atoms with Gasteiger partial charge < -0.3 is 0 Å². The van der Waals surface area contributed by atoms with E-state index >= 15 is 0 Å². The topological polar surface area (TPSA) is 38.7 Å². The van der Waals surface area contributed by atoms with Gasteiger partial charge in [-0.1, -0.05) is 25.1 Å². The first-order valence-electron chi connectivity index (χ1n) is 3.70. The number of aromatic nitrogens is 3. The van der Waals surface area contributed by atoms with Crippen LogP contribution in [0.5, 0.6) is 0 Å². The Bertz CT molecular complexity index is 190. The van der Waals surface area contributed by atoms with Crippen molar-refractivity contribution in [3.05, 3.63) is 12.4 Å². The van der Waals surface area contributed by atoms with Crippen LogP contribution in [-0.4, -0.2) is 20.9 Å². The van der Waals surface area contributed by atoms with E-state index in [0.717, 1.165) is 10.9 Å². The number of rotatable bonds is 4. The molecule has 0 aliphatic carbocycles. The molecule has 1 rings (SSSR count). The Labute approximate surface area is 70.6 Å². The van der Waals surface area contributed by atoms with E-state index in [0.29, 0.717) is 0 Å². The summed E-state index contributed by atoms with van der Waals surface area (Å²) < 4.78 is 0. The first-order valence-corrected chi connectivity index (χ1v) is 4.68. The molecular weight excluding hydrogens is 158 g/mol. The highest BCUT2D eigenvalue weighted by atomic mass is 32.2. The molecule has 0 unspecified atom stereocenters. The van der Waals surface area contributed by atoms with Crippen LogP contribution in [0.4, 0.5) is 0 Å². The van der Waals surface area contributed by atoms with Gasteiger partial charge in [-0.05, 0) is 6.42 Å². The number of nitrogens with zero attached hydrogens (tertiary/aromatic N) is 3. The number of hydrogen-bond donors (Lipinski definition) is 0. The number of thioether (sulfide) groups is 1. The van der Waals surface area contributed by atoms with Crippen molar-refractivity contribution in [2.45, 2.75) is 24.9 Å². The van der Waals surface area contributed by atoms with E-state index in [1.165, 1.54) is 12.8 Å². The third-order valence-corrected chi connectivity index (χ3v) is 2.13. The van der Waals surface area contributed by atoms with E-state index in [-0.39, 0.29) is 0 Å².